The van der Waals surface area contributed by atoms with E-state index in [1.807, 2.05) is 152 Å². The molecule has 0 aliphatic rings. The first-order valence-corrected chi connectivity index (χ1v) is 49.4. The Labute approximate surface area is 825 Å². The van der Waals surface area contributed by atoms with Crippen molar-refractivity contribution in [3.63, 3.8) is 0 Å². The van der Waals surface area contributed by atoms with E-state index >= 15 is 0 Å². The Morgan fingerprint density at radius 2 is 0.362 bits per heavy atom. The number of hydrogen-bond donors (Lipinski definition) is 0. The summed E-state index contributed by atoms with van der Waals surface area (Å²) in [5.74, 6) is 3.38. The summed E-state index contributed by atoms with van der Waals surface area (Å²) in [6.45, 7) is 0. The Bertz CT molecular complexity index is 9200. The SMILES string of the molecule is c1ccc(-c2cc(-c3ccccc3)nc(-c3ccc(-c4ccc5ccc6ccc7sc(-c8ccccc8)nc7c6c5c4)cc3)n2)cc1.c1ccc(-c2cc(-c3ccccc3)nc(-c3cccc(-c4ccc5c(ccc6ccc7sc(-c8ccccc8)nc7c65)c4)c3)n2)cc1.c1ccc(-c2nc(-c3ccccc3)nc(-c3ccc(-c4ccc5c(ccc6ccc7sc(-c8ccccc8)nc7c65)c4)cc3)n2)cc1. The zero-order valence-corrected chi connectivity index (χ0v) is 78.3. The van der Waals surface area contributed by atoms with Crippen LogP contribution in [0.4, 0.5) is 0 Å². The molecule has 0 aliphatic heterocycles. The first-order chi connectivity index (χ1) is 69.8. The Hall–Kier alpha value is -18.0. The van der Waals surface area contributed by atoms with E-state index in [9.17, 15) is 0 Å². The monoisotopic (exact) mass is 1850 g/mol. The van der Waals surface area contributed by atoms with E-state index < -0.39 is 0 Å². The molecule has 13 heteroatoms. The van der Waals surface area contributed by atoms with Gasteiger partial charge in [-0.2, -0.15) is 0 Å². The Morgan fingerprint density at radius 1 is 0.128 bits per heavy atom. The van der Waals surface area contributed by atoms with E-state index in [1.54, 1.807) is 34.0 Å². The molecule has 0 aliphatic carbocycles. The highest BCUT2D eigenvalue weighted by atomic mass is 32.1. The molecule has 6 heterocycles. The third-order valence-electron chi connectivity index (χ3n) is 26.0. The minimum Gasteiger partial charge on any atom is -0.235 e. The van der Waals surface area contributed by atoms with E-state index in [0.29, 0.717) is 29.1 Å². The Balaban J connectivity index is 0.000000111. The van der Waals surface area contributed by atoms with Gasteiger partial charge in [-0.1, -0.05) is 431 Å². The van der Waals surface area contributed by atoms with E-state index in [0.717, 1.165) is 154 Å². The number of aromatic nitrogens is 10. The molecular formula is C128H80N10S3. The van der Waals surface area contributed by atoms with Gasteiger partial charge in [0.1, 0.15) is 15.0 Å². The predicted octanol–water partition coefficient (Wildman–Crippen LogP) is 34.6. The number of thiazole rings is 3. The maximum atomic E-state index is 5.17. The average Bonchev–Trinajstić information content (AvgIpc) is 1.65. The zero-order valence-electron chi connectivity index (χ0n) is 75.9. The molecule has 0 N–H and O–H groups in total. The van der Waals surface area contributed by atoms with Crippen molar-refractivity contribution in [2.24, 2.45) is 0 Å². The summed E-state index contributed by atoms with van der Waals surface area (Å²) < 4.78 is 3.60. The number of fused-ring (bicyclic) bond motifs is 15. The molecule has 0 spiro atoms. The van der Waals surface area contributed by atoms with Crippen LogP contribution in [0.25, 0.3) is 262 Å². The van der Waals surface area contributed by atoms with E-state index in [4.69, 9.17) is 49.8 Å². The molecule has 0 fully saturated rings. The van der Waals surface area contributed by atoms with Gasteiger partial charge >= 0.3 is 0 Å². The van der Waals surface area contributed by atoms with Crippen molar-refractivity contribution >= 4 is 129 Å². The van der Waals surface area contributed by atoms with Crippen molar-refractivity contribution < 1.29 is 0 Å². The summed E-state index contributed by atoms with van der Waals surface area (Å²) >= 11 is 5.25. The Kier molecular flexibility index (Phi) is 22.4. The molecule has 27 aromatic rings. The van der Waals surface area contributed by atoms with Crippen LogP contribution in [0.5, 0.6) is 0 Å². The number of benzene rings is 21. The van der Waals surface area contributed by atoms with Gasteiger partial charge < -0.3 is 0 Å². The summed E-state index contributed by atoms with van der Waals surface area (Å²) in [5.41, 5.74) is 26.2. The van der Waals surface area contributed by atoms with Crippen LogP contribution >= 0.6 is 34.0 Å². The summed E-state index contributed by atoms with van der Waals surface area (Å²) in [4.78, 5) is 50.2. The van der Waals surface area contributed by atoms with Gasteiger partial charge in [-0.05, 0) is 136 Å². The predicted molar refractivity (Wildman–Crippen MR) is 590 cm³/mol. The first-order valence-electron chi connectivity index (χ1n) is 46.9. The third kappa shape index (κ3) is 17.1. The maximum Gasteiger partial charge on any atom is 0.164 e. The van der Waals surface area contributed by atoms with Crippen molar-refractivity contribution in [1.29, 1.82) is 0 Å². The molecule has 0 bridgehead atoms. The Morgan fingerprint density at radius 3 is 0.723 bits per heavy atom. The first kappa shape index (κ1) is 84.7. The van der Waals surface area contributed by atoms with Gasteiger partial charge in [-0.3, -0.25) is 0 Å². The molecule has 6 aromatic heterocycles. The van der Waals surface area contributed by atoms with Gasteiger partial charge in [-0.25, -0.2) is 49.8 Å². The minimum absolute atomic E-state index is 0.649. The minimum atomic E-state index is 0.649. The molecule has 0 radical (unpaired) electrons. The van der Waals surface area contributed by atoms with Crippen LogP contribution in [0.15, 0.2) is 485 Å². The highest BCUT2D eigenvalue weighted by Crippen LogP contribution is 2.45. The summed E-state index contributed by atoms with van der Waals surface area (Å²) in [6.07, 6.45) is 0. The second-order valence-corrected chi connectivity index (χ2v) is 37.9. The molecule has 141 heavy (non-hydrogen) atoms. The van der Waals surface area contributed by atoms with Crippen LogP contribution in [0.3, 0.4) is 0 Å². The molecule has 0 atom stereocenters. The lowest BCUT2D eigenvalue weighted by Crippen LogP contribution is -2.00. The number of hydrogen-bond acceptors (Lipinski definition) is 13. The molecule has 27 rings (SSSR count). The molecule has 21 aromatic carbocycles. The van der Waals surface area contributed by atoms with Crippen LogP contribution in [0.2, 0.25) is 0 Å². The average molecular weight is 1850 g/mol. The molecule has 0 amide bonds. The fraction of sp³-hybridized carbons (Fsp3) is 0. The van der Waals surface area contributed by atoms with Gasteiger partial charge in [0.2, 0.25) is 0 Å². The molecule has 0 unspecified atom stereocenters. The van der Waals surface area contributed by atoms with Gasteiger partial charge in [-0.15, -0.1) is 34.0 Å². The quantitative estimate of drug-likeness (QED) is 0.0915. The van der Waals surface area contributed by atoms with Crippen molar-refractivity contribution in [2.45, 2.75) is 0 Å². The number of nitrogens with zero attached hydrogens (tertiary/aromatic N) is 10. The second kappa shape index (κ2) is 37.3. The van der Waals surface area contributed by atoms with Gasteiger partial charge in [0, 0.05) is 82.9 Å². The lowest BCUT2D eigenvalue weighted by Gasteiger charge is -2.11. The highest BCUT2D eigenvalue weighted by molar-refractivity contribution is 7.22. The zero-order chi connectivity index (χ0) is 93.5. The standard InChI is InChI=1S/2C43H27N3S.C42H26N4S/c1-4-11-28(12-5-1)37-27-38(29-13-6-2-7-14-29)45-42(44-37)35-18-10-17-32(26-35)33-21-23-36-34(25-33)20-19-30-22-24-39-41(40(30)36)46-43(47-39)31-15-8-3-9-16-31;1-4-10-30(11-5-1)37-27-38(31-12-6-2-7-13-31)45-42(44-37)33-21-16-28(17-22-33)35-23-19-29-18-20-32-24-25-39-41(40(32)36(29)26-35)46-43(47-39)34-14-8-3-9-15-34;1-4-10-29(11-5-1)39-44-40(30-12-6-2-7-13-30)46-41(45-39)31-19-16-27(17-20-31)33-22-24-35-34(26-33)21-18-28-23-25-36-38(37(28)35)43-42(47-36)32-14-8-3-9-15-32/h2*1-27H;1-26H. The topological polar surface area (TPSA) is 129 Å². The smallest absolute Gasteiger partial charge is 0.164 e. The van der Waals surface area contributed by atoms with Crippen LogP contribution < -0.4 is 0 Å². The molecular weight excluding hydrogens is 1770 g/mol. The van der Waals surface area contributed by atoms with Crippen molar-refractivity contribution in [2.75, 3.05) is 0 Å². The van der Waals surface area contributed by atoms with Crippen LogP contribution in [0, 0.1) is 0 Å². The fourth-order valence-corrected chi connectivity index (χ4v) is 21.8. The number of rotatable bonds is 15. The van der Waals surface area contributed by atoms with Crippen LogP contribution in [-0.2, 0) is 0 Å². The molecule has 10 nitrogen and oxygen atoms in total. The lowest BCUT2D eigenvalue weighted by atomic mass is 9.96. The van der Waals surface area contributed by atoms with Crippen LogP contribution in [-0.4, -0.2) is 49.8 Å². The summed E-state index contributed by atoms with van der Waals surface area (Å²) in [5, 5.41) is 17.6. The van der Waals surface area contributed by atoms with E-state index in [-0.39, 0.29) is 0 Å². The fourth-order valence-electron chi connectivity index (χ4n) is 18.8. The summed E-state index contributed by atoms with van der Waals surface area (Å²) in [7, 11) is 0. The van der Waals surface area contributed by atoms with Gasteiger partial charge in [0.05, 0.1) is 53.4 Å². The normalized spacial score (nSPS) is 11.4. The van der Waals surface area contributed by atoms with Crippen LogP contribution in [0.1, 0.15) is 0 Å². The lowest BCUT2D eigenvalue weighted by molar-refractivity contribution is 1.07. The second-order valence-electron chi connectivity index (χ2n) is 34.9. The highest BCUT2D eigenvalue weighted by Gasteiger charge is 2.22. The van der Waals surface area contributed by atoms with Crippen molar-refractivity contribution in [3.05, 3.63) is 485 Å². The van der Waals surface area contributed by atoms with Crippen molar-refractivity contribution in [3.8, 4) is 167 Å². The molecule has 0 saturated heterocycles. The van der Waals surface area contributed by atoms with Gasteiger partial charge in [0.25, 0.3) is 0 Å². The molecule has 0 saturated carbocycles. The molecule has 660 valence electrons. The van der Waals surface area contributed by atoms with Crippen molar-refractivity contribution in [1.82, 2.24) is 49.8 Å². The van der Waals surface area contributed by atoms with E-state index in [1.165, 1.54) is 78.7 Å². The largest absolute Gasteiger partial charge is 0.235 e. The van der Waals surface area contributed by atoms with E-state index in [2.05, 4.69) is 334 Å². The van der Waals surface area contributed by atoms with Gasteiger partial charge in [0.15, 0.2) is 29.1 Å². The maximum absolute atomic E-state index is 5.17. The third-order valence-corrected chi connectivity index (χ3v) is 29.2. The summed E-state index contributed by atoms with van der Waals surface area (Å²) in [6, 6.07) is 169.